The first-order valence-corrected chi connectivity index (χ1v) is 9.49. The Morgan fingerprint density at radius 1 is 1.17 bits per heavy atom. The number of carbonyl (C=O) groups is 1. The minimum Gasteiger partial charge on any atom is -0.465 e. The van der Waals surface area contributed by atoms with Gasteiger partial charge in [0.1, 0.15) is 0 Å². The Morgan fingerprint density at radius 3 is 2.46 bits per heavy atom. The van der Waals surface area contributed by atoms with Gasteiger partial charge in [-0.2, -0.15) is 11.3 Å². The van der Waals surface area contributed by atoms with Gasteiger partial charge in [-0.15, -0.1) is 0 Å². The minimum absolute atomic E-state index is 0.164. The lowest BCUT2D eigenvalue weighted by Crippen LogP contribution is -2.16. The molecule has 3 rings (SSSR count). The van der Waals surface area contributed by atoms with Gasteiger partial charge in [-0.1, -0.05) is 18.2 Å². The first kappa shape index (κ1) is 16.5. The molecule has 0 N–H and O–H groups in total. The number of nitrogens with zero attached hydrogens (tertiary/aromatic N) is 1. The van der Waals surface area contributed by atoms with E-state index in [1.54, 1.807) is 31.2 Å². The van der Waals surface area contributed by atoms with E-state index in [4.69, 9.17) is 4.74 Å². The van der Waals surface area contributed by atoms with Crippen molar-refractivity contribution in [3.05, 3.63) is 64.5 Å². The maximum Gasteiger partial charge on any atom is 0.339 e. The predicted octanol–water partition coefficient (Wildman–Crippen LogP) is 3.55. The number of hydrogen-bond acceptors (Lipinski definition) is 5. The summed E-state index contributed by atoms with van der Waals surface area (Å²) in [6.45, 7) is 1.60. The van der Waals surface area contributed by atoms with Crippen LogP contribution in [0.25, 0.3) is 11.3 Å². The van der Waals surface area contributed by atoms with Crippen LogP contribution in [0.4, 0.5) is 0 Å². The molecule has 24 heavy (non-hydrogen) atoms. The Labute approximate surface area is 144 Å². The van der Waals surface area contributed by atoms with Gasteiger partial charge in [0.15, 0.2) is 0 Å². The molecule has 124 valence electrons. The normalized spacial score (nSPS) is 11.4. The van der Waals surface area contributed by atoms with Crippen molar-refractivity contribution in [2.45, 2.75) is 11.8 Å². The average Bonchev–Trinajstić information content (AvgIpc) is 3.22. The third-order valence-electron chi connectivity index (χ3n) is 3.70. The quantitative estimate of drug-likeness (QED) is 0.667. The van der Waals surface area contributed by atoms with Crippen molar-refractivity contribution in [2.75, 3.05) is 7.11 Å². The first-order valence-electron chi connectivity index (χ1n) is 7.10. The second kappa shape index (κ2) is 6.26. The predicted molar refractivity (Wildman–Crippen MR) is 92.8 cm³/mol. The van der Waals surface area contributed by atoms with Crippen molar-refractivity contribution in [3.63, 3.8) is 0 Å². The number of rotatable bonds is 4. The first-order chi connectivity index (χ1) is 11.5. The van der Waals surface area contributed by atoms with Gasteiger partial charge in [0, 0.05) is 16.6 Å². The van der Waals surface area contributed by atoms with E-state index >= 15 is 0 Å². The Balaban J connectivity index is 2.31. The van der Waals surface area contributed by atoms with Gasteiger partial charge >= 0.3 is 5.97 Å². The molecule has 5 nitrogen and oxygen atoms in total. The summed E-state index contributed by atoms with van der Waals surface area (Å²) in [5.74, 6) is -0.564. The number of esters is 1. The van der Waals surface area contributed by atoms with Gasteiger partial charge in [-0.3, -0.25) is 0 Å². The molecule has 0 saturated heterocycles. The molecule has 7 heteroatoms. The Morgan fingerprint density at radius 2 is 1.88 bits per heavy atom. The molecule has 0 aliphatic carbocycles. The van der Waals surface area contributed by atoms with Crippen LogP contribution in [0, 0.1) is 6.92 Å². The molecular formula is C17H15NO4S2. The standard InChI is InChI=1S/C17H15NO4S2/c1-12-15(17(19)22-2)10-16(13-8-9-23-11-13)18(12)24(20,21)14-6-4-3-5-7-14/h3-11H,1-2H3. The maximum atomic E-state index is 13.1. The zero-order valence-electron chi connectivity index (χ0n) is 13.1. The molecule has 0 fully saturated rings. The fourth-order valence-corrected chi connectivity index (χ4v) is 4.76. The van der Waals surface area contributed by atoms with Gasteiger partial charge in [0.05, 0.1) is 23.3 Å². The van der Waals surface area contributed by atoms with Gasteiger partial charge in [0.25, 0.3) is 10.0 Å². The molecule has 1 aromatic carbocycles. The van der Waals surface area contributed by atoms with E-state index in [2.05, 4.69) is 0 Å². The highest BCUT2D eigenvalue weighted by atomic mass is 32.2. The maximum absolute atomic E-state index is 13.1. The second-order valence-corrected chi connectivity index (χ2v) is 7.68. The summed E-state index contributed by atoms with van der Waals surface area (Å²) in [6, 6.07) is 11.5. The van der Waals surface area contributed by atoms with Crippen LogP contribution in [-0.2, 0) is 14.8 Å². The molecule has 0 radical (unpaired) electrons. The van der Waals surface area contributed by atoms with Crippen LogP contribution in [0.2, 0.25) is 0 Å². The molecular weight excluding hydrogens is 346 g/mol. The highest BCUT2D eigenvalue weighted by Gasteiger charge is 2.27. The van der Waals surface area contributed by atoms with Crippen LogP contribution in [0.1, 0.15) is 16.1 Å². The zero-order valence-corrected chi connectivity index (χ0v) is 14.7. The van der Waals surface area contributed by atoms with Crippen molar-refractivity contribution in [1.29, 1.82) is 0 Å². The molecule has 0 spiro atoms. The number of carbonyl (C=O) groups excluding carboxylic acids is 1. The molecule has 0 amide bonds. The average molecular weight is 361 g/mol. The van der Waals surface area contributed by atoms with Crippen LogP contribution < -0.4 is 0 Å². The van der Waals surface area contributed by atoms with Crippen molar-refractivity contribution in [2.24, 2.45) is 0 Å². The highest BCUT2D eigenvalue weighted by molar-refractivity contribution is 7.90. The van der Waals surface area contributed by atoms with E-state index in [1.807, 2.05) is 16.8 Å². The topological polar surface area (TPSA) is 65.4 Å². The highest BCUT2D eigenvalue weighted by Crippen LogP contribution is 2.31. The van der Waals surface area contributed by atoms with Crippen molar-refractivity contribution in [1.82, 2.24) is 3.97 Å². The van der Waals surface area contributed by atoms with Crippen LogP contribution in [0.5, 0.6) is 0 Å². The summed E-state index contributed by atoms with van der Waals surface area (Å²) in [4.78, 5) is 12.2. The smallest absolute Gasteiger partial charge is 0.339 e. The second-order valence-electron chi connectivity index (χ2n) is 5.11. The lowest BCUT2D eigenvalue weighted by molar-refractivity contribution is 0.0600. The number of methoxy groups -OCH3 is 1. The number of benzene rings is 1. The molecule has 0 aliphatic rings. The molecule has 0 bridgehead atoms. The summed E-state index contributed by atoms with van der Waals surface area (Å²) in [7, 11) is -2.56. The largest absolute Gasteiger partial charge is 0.465 e. The third-order valence-corrected chi connectivity index (χ3v) is 6.20. The monoisotopic (exact) mass is 361 g/mol. The Bertz CT molecular complexity index is 971. The van der Waals surface area contributed by atoms with Gasteiger partial charge < -0.3 is 4.74 Å². The van der Waals surface area contributed by atoms with E-state index in [0.29, 0.717) is 11.4 Å². The zero-order chi connectivity index (χ0) is 17.3. The van der Waals surface area contributed by atoms with E-state index in [1.165, 1.54) is 34.6 Å². The molecule has 0 aliphatic heterocycles. The molecule has 0 saturated carbocycles. The van der Waals surface area contributed by atoms with Gasteiger partial charge in [-0.25, -0.2) is 17.2 Å². The van der Waals surface area contributed by atoms with Crippen LogP contribution in [0.15, 0.2) is 58.1 Å². The number of aromatic nitrogens is 1. The van der Waals surface area contributed by atoms with Crippen LogP contribution in [-0.4, -0.2) is 25.5 Å². The fraction of sp³-hybridized carbons (Fsp3) is 0.118. The molecule has 2 heterocycles. The molecule has 0 atom stereocenters. The van der Waals surface area contributed by atoms with E-state index < -0.39 is 16.0 Å². The van der Waals surface area contributed by atoms with Gasteiger partial charge in [-0.05, 0) is 36.6 Å². The summed E-state index contributed by atoms with van der Waals surface area (Å²) < 4.78 is 32.2. The van der Waals surface area contributed by atoms with Crippen LogP contribution >= 0.6 is 11.3 Å². The van der Waals surface area contributed by atoms with E-state index in [-0.39, 0.29) is 10.5 Å². The summed E-state index contributed by atoms with van der Waals surface area (Å²) in [5.41, 5.74) is 1.74. The van der Waals surface area contributed by atoms with Crippen molar-refractivity contribution in [3.8, 4) is 11.3 Å². The third kappa shape index (κ3) is 2.65. The van der Waals surface area contributed by atoms with E-state index in [0.717, 1.165) is 5.56 Å². The van der Waals surface area contributed by atoms with E-state index in [9.17, 15) is 13.2 Å². The lowest BCUT2D eigenvalue weighted by Gasteiger charge is -2.12. The number of thiophene rings is 1. The Kier molecular flexibility index (Phi) is 4.29. The lowest BCUT2D eigenvalue weighted by atomic mass is 10.2. The SMILES string of the molecule is COC(=O)c1cc(-c2ccsc2)n(S(=O)(=O)c2ccccc2)c1C. The Hall–Kier alpha value is -2.38. The van der Waals surface area contributed by atoms with Crippen molar-refractivity contribution >= 4 is 27.3 Å². The summed E-state index contributed by atoms with van der Waals surface area (Å²) >= 11 is 1.45. The van der Waals surface area contributed by atoms with Crippen LogP contribution in [0.3, 0.4) is 0 Å². The number of ether oxygens (including phenoxy) is 1. The minimum atomic E-state index is -3.83. The van der Waals surface area contributed by atoms with Crippen molar-refractivity contribution < 1.29 is 17.9 Å². The summed E-state index contributed by atoms with van der Waals surface area (Å²) in [6.07, 6.45) is 0. The fourth-order valence-electron chi connectivity index (χ4n) is 2.52. The molecule has 0 unspecified atom stereocenters. The van der Waals surface area contributed by atoms with Gasteiger partial charge in [0.2, 0.25) is 0 Å². The molecule has 3 aromatic rings. The summed E-state index contributed by atoms with van der Waals surface area (Å²) in [5, 5.41) is 3.70. The molecule has 2 aromatic heterocycles. The number of hydrogen-bond donors (Lipinski definition) is 0.